The van der Waals surface area contributed by atoms with Gasteiger partial charge >= 0.3 is 0 Å². The van der Waals surface area contributed by atoms with Crippen molar-refractivity contribution < 1.29 is 0 Å². The molecule has 0 spiro atoms. The van der Waals surface area contributed by atoms with Crippen LogP contribution in [0.2, 0.25) is 0 Å². The second kappa shape index (κ2) is 3.62. The van der Waals surface area contributed by atoms with E-state index in [0.29, 0.717) is 17.3 Å². The quantitative estimate of drug-likeness (QED) is 0.607. The van der Waals surface area contributed by atoms with Gasteiger partial charge in [0.25, 0.3) is 0 Å². The smallest absolute Gasteiger partial charge is 0.185 e. The number of nitrogens with two attached hydrogens (primary N) is 3. The topological polar surface area (TPSA) is 100 Å². The Morgan fingerprint density at radius 1 is 0.875 bits per heavy atom. The maximum absolute atomic E-state index is 11.2. The van der Waals surface area contributed by atoms with Crippen molar-refractivity contribution in [2.75, 3.05) is 17.2 Å². The van der Waals surface area contributed by atoms with E-state index in [4.69, 9.17) is 17.2 Å². The van der Waals surface area contributed by atoms with Gasteiger partial charge in [0.05, 0.1) is 0 Å². The van der Waals surface area contributed by atoms with Crippen molar-refractivity contribution in [3.05, 3.63) is 46.6 Å². The summed E-state index contributed by atoms with van der Waals surface area (Å²) >= 11 is 0. The summed E-state index contributed by atoms with van der Waals surface area (Å²) in [5.41, 5.74) is 18.3. The lowest BCUT2D eigenvalue weighted by Crippen LogP contribution is -2.14. The number of hydrogen-bond acceptors (Lipinski definition) is 4. The van der Waals surface area contributed by atoms with Gasteiger partial charge in [0, 0.05) is 23.5 Å². The van der Waals surface area contributed by atoms with E-state index in [9.17, 15) is 4.79 Å². The molecule has 1 heterocycles. The van der Waals surface area contributed by atoms with E-state index < -0.39 is 0 Å². The molecule has 0 unspecified atom stereocenters. The lowest BCUT2D eigenvalue weighted by Gasteiger charge is -2.13. The third-order valence-electron chi connectivity index (χ3n) is 2.25. The molecule has 6 N–H and O–H groups in total. The maximum atomic E-state index is 11.2. The number of benzene rings is 1. The van der Waals surface area contributed by atoms with Crippen LogP contribution in [-0.4, -0.2) is 4.57 Å². The number of hydrogen-bond donors (Lipinski definition) is 3. The van der Waals surface area contributed by atoms with Crippen LogP contribution in [0.25, 0.3) is 5.69 Å². The van der Waals surface area contributed by atoms with Crippen molar-refractivity contribution in [3.63, 3.8) is 0 Å². The standard InChI is InChI=1S/C11H12N4O/c12-7-1-3-8(4-2-7)15-10(13)5-9(16)6-11(15)14/h1-6H,12-14H2. The molecule has 0 aliphatic rings. The van der Waals surface area contributed by atoms with Crippen molar-refractivity contribution in [1.29, 1.82) is 0 Å². The summed E-state index contributed by atoms with van der Waals surface area (Å²) < 4.78 is 1.58. The number of nitrogen functional groups attached to an aromatic ring is 3. The predicted molar refractivity (Wildman–Crippen MR) is 65.3 cm³/mol. The monoisotopic (exact) mass is 216 g/mol. The fraction of sp³-hybridized carbons (Fsp3) is 0. The molecule has 0 amide bonds. The Kier molecular flexibility index (Phi) is 2.28. The van der Waals surface area contributed by atoms with Crippen LogP contribution in [-0.2, 0) is 0 Å². The molecular weight excluding hydrogens is 204 g/mol. The molecular formula is C11H12N4O. The molecule has 0 aliphatic heterocycles. The van der Waals surface area contributed by atoms with Gasteiger partial charge in [-0.1, -0.05) is 0 Å². The van der Waals surface area contributed by atoms with Gasteiger partial charge < -0.3 is 17.2 Å². The highest BCUT2D eigenvalue weighted by Crippen LogP contribution is 2.17. The summed E-state index contributed by atoms with van der Waals surface area (Å²) in [6.45, 7) is 0. The van der Waals surface area contributed by atoms with E-state index in [2.05, 4.69) is 0 Å². The van der Waals surface area contributed by atoms with Gasteiger partial charge in [0.2, 0.25) is 0 Å². The normalized spacial score (nSPS) is 10.2. The first-order chi connectivity index (χ1) is 7.58. The summed E-state index contributed by atoms with van der Waals surface area (Å²) in [5.74, 6) is 0.601. The fourth-order valence-electron chi connectivity index (χ4n) is 1.53. The fourth-order valence-corrected chi connectivity index (χ4v) is 1.53. The first kappa shape index (κ1) is 10.1. The molecule has 0 fully saturated rings. The minimum absolute atomic E-state index is 0.207. The molecule has 82 valence electrons. The van der Waals surface area contributed by atoms with Crippen molar-refractivity contribution in [1.82, 2.24) is 4.57 Å². The third kappa shape index (κ3) is 1.70. The van der Waals surface area contributed by atoms with Crippen molar-refractivity contribution in [2.24, 2.45) is 0 Å². The Bertz CT molecular complexity index is 545. The van der Waals surface area contributed by atoms with Crippen molar-refractivity contribution in [2.45, 2.75) is 0 Å². The van der Waals surface area contributed by atoms with Gasteiger partial charge in [-0.2, -0.15) is 0 Å². The van der Waals surface area contributed by atoms with E-state index in [0.717, 1.165) is 5.69 Å². The average molecular weight is 216 g/mol. The third-order valence-corrected chi connectivity index (χ3v) is 2.25. The van der Waals surface area contributed by atoms with E-state index in [1.807, 2.05) is 0 Å². The Balaban J connectivity index is 2.64. The maximum Gasteiger partial charge on any atom is 0.185 e. The molecule has 2 rings (SSSR count). The largest absolute Gasteiger partial charge is 0.399 e. The van der Waals surface area contributed by atoms with Crippen LogP contribution in [0.5, 0.6) is 0 Å². The minimum Gasteiger partial charge on any atom is -0.399 e. The molecule has 5 nitrogen and oxygen atoms in total. The molecule has 0 aliphatic carbocycles. The molecule has 16 heavy (non-hydrogen) atoms. The predicted octanol–water partition coefficient (Wildman–Crippen LogP) is 0.584. The van der Waals surface area contributed by atoms with Gasteiger partial charge in [-0.05, 0) is 24.3 Å². The van der Waals surface area contributed by atoms with Gasteiger partial charge in [-0.25, -0.2) is 0 Å². The van der Waals surface area contributed by atoms with Gasteiger partial charge in [-0.3, -0.25) is 9.36 Å². The molecule has 0 radical (unpaired) electrons. The Morgan fingerprint density at radius 2 is 1.38 bits per heavy atom. The number of pyridine rings is 1. The second-order valence-corrected chi connectivity index (χ2v) is 3.47. The molecule has 5 heteroatoms. The summed E-state index contributed by atoms with van der Waals surface area (Å²) in [6.07, 6.45) is 0. The second-order valence-electron chi connectivity index (χ2n) is 3.47. The van der Waals surface area contributed by atoms with E-state index >= 15 is 0 Å². The lowest BCUT2D eigenvalue weighted by atomic mass is 10.2. The van der Waals surface area contributed by atoms with Crippen molar-refractivity contribution in [3.8, 4) is 5.69 Å². The molecule has 0 atom stereocenters. The Morgan fingerprint density at radius 3 is 1.88 bits per heavy atom. The molecule has 1 aromatic carbocycles. The molecule has 0 saturated carbocycles. The van der Waals surface area contributed by atoms with E-state index in [1.165, 1.54) is 12.1 Å². The number of aromatic nitrogens is 1. The van der Waals surface area contributed by atoms with Crippen LogP contribution in [0, 0.1) is 0 Å². The molecule has 1 aromatic heterocycles. The van der Waals surface area contributed by atoms with Crippen LogP contribution < -0.4 is 22.6 Å². The van der Waals surface area contributed by atoms with E-state index in [1.54, 1.807) is 28.8 Å². The number of anilines is 3. The van der Waals surface area contributed by atoms with Crippen LogP contribution in [0.15, 0.2) is 41.2 Å². The van der Waals surface area contributed by atoms with Crippen LogP contribution in [0.1, 0.15) is 0 Å². The van der Waals surface area contributed by atoms with Gasteiger partial charge in [-0.15, -0.1) is 0 Å². The highest BCUT2D eigenvalue weighted by atomic mass is 16.1. The summed E-state index contributed by atoms with van der Waals surface area (Å²) in [4.78, 5) is 11.2. The van der Waals surface area contributed by atoms with Gasteiger partial charge in [0.15, 0.2) is 5.43 Å². The molecule has 2 aromatic rings. The summed E-state index contributed by atoms with van der Waals surface area (Å²) in [7, 11) is 0. The average Bonchev–Trinajstić information content (AvgIpc) is 2.19. The van der Waals surface area contributed by atoms with Crippen molar-refractivity contribution >= 4 is 17.3 Å². The Labute approximate surface area is 92.1 Å². The lowest BCUT2D eigenvalue weighted by molar-refractivity contribution is 1.07. The highest BCUT2D eigenvalue weighted by Gasteiger charge is 2.04. The Hall–Kier alpha value is -2.43. The zero-order valence-electron chi connectivity index (χ0n) is 8.55. The first-order valence-electron chi connectivity index (χ1n) is 4.72. The number of nitrogens with zero attached hydrogens (tertiary/aromatic N) is 1. The summed E-state index contributed by atoms with van der Waals surface area (Å²) in [6, 6.07) is 9.71. The summed E-state index contributed by atoms with van der Waals surface area (Å²) in [5, 5.41) is 0. The number of rotatable bonds is 1. The van der Waals surface area contributed by atoms with Crippen LogP contribution in [0.3, 0.4) is 0 Å². The highest BCUT2D eigenvalue weighted by molar-refractivity contribution is 5.54. The van der Waals surface area contributed by atoms with E-state index in [-0.39, 0.29) is 5.43 Å². The first-order valence-corrected chi connectivity index (χ1v) is 4.72. The zero-order chi connectivity index (χ0) is 11.7. The zero-order valence-corrected chi connectivity index (χ0v) is 8.55. The van der Waals surface area contributed by atoms with Gasteiger partial charge in [0.1, 0.15) is 11.6 Å². The minimum atomic E-state index is -0.207. The molecule has 0 saturated heterocycles. The SMILES string of the molecule is Nc1ccc(-n2c(N)cc(=O)cc2N)cc1. The van der Waals surface area contributed by atoms with Crippen LogP contribution >= 0.6 is 0 Å². The van der Waals surface area contributed by atoms with Crippen LogP contribution in [0.4, 0.5) is 17.3 Å². The molecule has 0 bridgehead atoms.